The molecule has 4 heteroatoms. The fourth-order valence-corrected chi connectivity index (χ4v) is 3.18. The maximum Gasteiger partial charge on any atom is 0.251 e. The molecule has 2 rings (SSSR count). The summed E-state index contributed by atoms with van der Waals surface area (Å²) in [5.41, 5.74) is 2.81. The smallest absolute Gasteiger partial charge is 0.251 e. The van der Waals surface area contributed by atoms with Crippen molar-refractivity contribution in [2.45, 2.75) is 26.8 Å². The highest BCUT2D eigenvalue weighted by molar-refractivity contribution is 6.31. The Morgan fingerprint density at radius 1 is 1.12 bits per heavy atom. The van der Waals surface area contributed by atoms with E-state index in [1.54, 1.807) is 0 Å². The van der Waals surface area contributed by atoms with Crippen LogP contribution < -0.4 is 5.32 Å². The van der Waals surface area contributed by atoms with Crippen LogP contribution in [-0.2, 0) is 0 Å². The summed E-state index contributed by atoms with van der Waals surface area (Å²) in [5.74, 6) is -0.0529. The van der Waals surface area contributed by atoms with E-state index in [2.05, 4.69) is 24.1 Å². The quantitative estimate of drug-likeness (QED) is 0.804. The molecule has 3 nitrogen and oxygen atoms in total. The van der Waals surface area contributed by atoms with Crippen LogP contribution in [-0.4, -0.2) is 30.4 Å². The third-order valence-electron chi connectivity index (χ3n) is 4.25. The molecule has 0 fully saturated rings. The Hall–Kier alpha value is -1.84. The molecule has 0 heterocycles. The highest BCUT2D eigenvalue weighted by Crippen LogP contribution is 2.27. The minimum absolute atomic E-state index is 0.0529. The Morgan fingerprint density at radius 2 is 1.83 bits per heavy atom. The number of hydrogen-bond donors (Lipinski definition) is 1. The standard InChI is InChI=1S/C20H25ClN2O/c1-4-23(5-2)19(17-11-6-7-12-18(17)21)14-22-20(24)16-10-8-9-15(3)13-16/h6-13,19H,4-5,14H2,1-3H3,(H,22,24)/t19-/m0/s1. The van der Waals surface area contributed by atoms with E-state index in [1.165, 1.54) is 0 Å². The van der Waals surface area contributed by atoms with E-state index < -0.39 is 0 Å². The summed E-state index contributed by atoms with van der Waals surface area (Å²) < 4.78 is 0. The molecule has 0 aliphatic heterocycles. The zero-order valence-corrected chi connectivity index (χ0v) is 15.3. The summed E-state index contributed by atoms with van der Waals surface area (Å²) in [6, 6.07) is 15.5. The molecule has 0 saturated heterocycles. The predicted octanol–water partition coefficient (Wildman–Crippen LogP) is 4.46. The lowest BCUT2D eigenvalue weighted by Gasteiger charge is -2.31. The Bertz CT molecular complexity index is 683. The van der Waals surface area contributed by atoms with Gasteiger partial charge >= 0.3 is 0 Å². The van der Waals surface area contributed by atoms with Gasteiger partial charge in [0.05, 0.1) is 6.04 Å². The van der Waals surface area contributed by atoms with Gasteiger partial charge in [-0.1, -0.05) is 61.3 Å². The number of carbonyl (C=O) groups excluding carboxylic acids is 1. The zero-order chi connectivity index (χ0) is 17.5. The van der Waals surface area contributed by atoms with Crippen molar-refractivity contribution in [1.82, 2.24) is 10.2 Å². The number of carbonyl (C=O) groups is 1. The van der Waals surface area contributed by atoms with Gasteiger partial charge in [-0.25, -0.2) is 0 Å². The largest absolute Gasteiger partial charge is 0.350 e. The number of likely N-dealkylation sites (N-methyl/N-ethyl adjacent to an activating group) is 1. The highest BCUT2D eigenvalue weighted by atomic mass is 35.5. The van der Waals surface area contributed by atoms with Crippen molar-refractivity contribution in [1.29, 1.82) is 0 Å². The number of nitrogens with one attached hydrogen (secondary N) is 1. The number of rotatable bonds is 7. The molecule has 1 N–H and O–H groups in total. The SMILES string of the molecule is CCN(CC)[C@@H](CNC(=O)c1cccc(C)c1)c1ccccc1Cl. The lowest BCUT2D eigenvalue weighted by atomic mass is 10.0. The van der Waals surface area contributed by atoms with Crippen LogP contribution in [0.3, 0.4) is 0 Å². The second-order valence-corrected chi connectivity index (χ2v) is 6.25. The average Bonchev–Trinajstić information content (AvgIpc) is 2.59. The molecule has 1 amide bonds. The second kappa shape index (κ2) is 8.86. The van der Waals surface area contributed by atoms with Crippen LogP contribution in [0.2, 0.25) is 5.02 Å². The number of aryl methyl sites for hydroxylation is 1. The van der Waals surface area contributed by atoms with Crippen LogP contribution in [0.5, 0.6) is 0 Å². The van der Waals surface area contributed by atoms with Gasteiger partial charge in [-0.3, -0.25) is 9.69 Å². The molecular weight excluding hydrogens is 320 g/mol. The van der Waals surface area contributed by atoms with E-state index in [1.807, 2.05) is 55.5 Å². The summed E-state index contributed by atoms with van der Waals surface area (Å²) >= 11 is 6.39. The Morgan fingerprint density at radius 3 is 2.46 bits per heavy atom. The predicted molar refractivity (Wildman–Crippen MR) is 101 cm³/mol. The van der Waals surface area contributed by atoms with Crippen molar-refractivity contribution in [2.75, 3.05) is 19.6 Å². The van der Waals surface area contributed by atoms with E-state index in [0.29, 0.717) is 12.1 Å². The molecule has 0 bridgehead atoms. The number of nitrogens with zero attached hydrogens (tertiary/aromatic N) is 1. The molecule has 128 valence electrons. The normalized spacial score (nSPS) is 12.2. The minimum atomic E-state index is -0.0529. The first-order valence-electron chi connectivity index (χ1n) is 8.40. The Labute approximate surface area is 149 Å². The van der Waals surface area contributed by atoms with Crippen LogP contribution in [0.25, 0.3) is 0 Å². The molecule has 2 aromatic rings. The van der Waals surface area contributed by atoms with Gasteiger partial charge in [0.2, 0.25) is 0 Å². The maximum atomic E-state index is 12.5. The monoisotopic (exact) mass is 344 g/mol. The summed E-state index contributed by atoms with van der Waals surface area (Å²) in [4.78, 5) is 14.8. The maximum absolute atomic E-state index is 12.5. The van der Waals surface area contributed by atoms with E-state index in [9.17, 15) is 4.79 Å². The van der Waals surface area contributed by atoms with Crippen molar-refractivity contribution in [3.05, 3.63) is 70.2 Å². The molecular formula is C20H25ClN2O. The van der Waals surface area contributed by atoms with Gasteiger partial charge in [0, 0.05) is 17.1 Å². The van der Waals surface area contributed by atoms with E-state index in [0.717, 1.165) is 29.2 Å². The number of halogens is 1. The number of amides is 1. The summed E-state index contributed by atoms with van der Waals surface area (Å²) in [5, 5.41) is 3.80. The first-order chi connectivity index (χ1) is 11.6. The third kappa shape index (κ3) is 4.59. The van der Waals surface area contributed by atoms with Crippen molar-refractivity contribution in [3.63, 3.8) is 0 Å². The molecule has 2 aromatic carbocycles. The van der Waals surface area contributed by atoms with Gasteiger partial charge < -0.3 is 5.32 Å². The van der Waals surface area contributed by atoms with E-state index in [4.69, 9.17) is 11.6 Å². The van der Waals surface area contributed by atoms with Gasteiger partial charge in [-0.05, 0) is 43.8 Å². The minimum Gasteiger partial charge on any atom is -0.350 e. The average molecular weight is 345 g/mol. The first kappa shape index (κ1) is 18.5. The molecule has 0 radical (unpaired) electrons. The van der Waals surface area contributed by atoms with Gasteiger partial charge in [0.1, 0.15) is 0 Å². The second-order valence-electron chi connectivity index (χ2n) is 5.84. The molecule has 0 aliphatic carbocycles. The summed E-state index contributed by atoms with van der Waals surface area (Å²) in [6.45, 7) is 8.54. The Balaban J connectivity index is 2.17. The molecule has 0 aliphatic rings. The highest BCUT2D eigenvalue weighted by Gasteiger charge is 2.21. The van der Waals surface area contributed by atoms with Gasteiger partial charge in [-0.2, -0.15) is 0 Å². The molecule has 0 unspecified atom stereocenters. The fraction of sp³-hybridized carbons (Fsp3) is 0.350. The van der Waals surface area contributed by atoms with Crippen LogP contribution in [0.1, 0.15) is 41.4 Å². The number of benzene rings is 2. The topological polar surface area (TPSA) is 32.3 Å². The summed E-state index contributed by atoms with van der Waals surface area (Å²) in [6.07, 6.45) is 0. The molecule has 0 saturated carbocycles. The zero-order valence-electron chi connectivity index (χ0n) is 14.6. The Kier molecular flexibility index (Phi) is 6.83. The molecule has 0 spiro atoms. The molecule has 1 atom stereocenters. The van der Waals surface area contributed by atoms with Gasteiger partial charge in [0.15, 0.2) is 0 Å². The van der Waals surface area contributed by atoms with Crippen LogP contribution in [0.4, 0.5) is 0 Å². The van der Waals surface area contributed by atoms with Crippen molar-refractivity contribution >= 4 is 17.5 Å². The summed E-state index contributed by atoms with van der Waals surface area (Å²) in [7, 11) is 0. The van der Waals surface area contributed by atoms with Crippen molar-refractivity contribution < 1.29 is 4.79 Å². The van der Waals surface area contributed by atoms with Crippen LogP contribution >= 0.6 is 11.6 Å². The number of hydrogen-bond acceptors (Lipinski definition) is 2. The van der Waals surface area contributed by atoms with E-state index >= 15 is 0 Å². The third-order valence-corrected chi connectivity index (χ3v) is 4.60. The lowest BCUT2D eigenvalue weighted by molar-refractivity contribution is 0.0935. The van der Waals surface area contributed by atoms with Crippen molar-refractivity contribution in [3.8, 4) is 0 Å². The lowest BCUT2D eigenvalue weighted by Crippen LogP contribution is -2.38. The van der Waals surface area contributed by atoms with Gasteiger partial charge in [0.25, 0.3) is 5.91 Å². The van der Waals surface area contributed by atoms with Gasteiger partial charge in [-0.15, -0.1) is 0 Å². The van der Waals surface area contributed by atoms with Crippen molar-refractivity contribution in [2.24, 2.45) is 0 Å². The van der Waals surface area contributed by atoms with Crippen LogP contribution in [0.15, 0.2) is 48.5 Å². The molecule has 24 heavy (non-hydrogen) atoms. The first-order valence-corrected chi connectivity index (χ1v) is 8.78. The van der Waals surface area contributed by atoms with Crippen LogP contribution in [0, 0.1) is 6.92 Å². The molecule has 0 aromatic heterocycles. The van der Waals surface area contributed by atoms with E-state index in [-0.39, 0.29) is 11.9 Å². The fourth-order valence-electron chi connectivity index (χ4n) is 2.92.